The lowest BCUT2D eigenvalue weighted by atomic mass is 10.2. The molecule has 2 rings (SSSR count). The van der Waals surface area contributed by atoms with Crippen molar-refractivity contribution in [1.82, 2.24) is 10.6 Å². The number of fused-ring (bicyclic) bond motifs is 1. The second kappa shape index (κ2) is 10.8. The van der Waals surface area contributed by atoms with Crippen molar-refractivity contribution in [2.24, 2.45) is 4.99 Å². The van der Waals surface area contributed by atoms with Gasteiger partial charge < -0.3 is 15.1 Å². The van der Waals surface area contributed by atoms with Crippen LogP contribution in [0.1, 0.15) is 26.0 Å². The average Bonchev–Trinajstić information content (AvgIpc) is 2.95. The highest BCUT2D eigenvalue weighted by Gasteiger charge is 2.09. The number of nitrogens with zero attached hydrogens (tertiary/aromatic N) is 1. The molecule has 0 bridgehead atoms. The molecule has 0 aliphatic heterocycles. The summed E-state index contributed by atoms with van der Waals surface area (Å²) in [5.74, 6) is 1.77. The minimum atomic E-state index is -2.95. The summed E-state index contributed by atoms with van der Waals surface area (Å²) >= 11 is 0. The zero-order chi connectivity index (χ0) is 18.3. The van der Waals surface area contributed by atoms with E-state index >= 15 is 0 Å². The summed E-state index contributed by atoms with van der Waals surface area (Å²) in [5, 5.41) is 7.53. The van der Waals surface area contributed by atoms with Crippen molar-refractivity contribution < 1.29 is 12.8 Å². The Morgan fingerprint density at radius 1 is 1.31 bits per heavy atom. The molecule has 2 aromatic rings. The summed E-state index contributed by atoms with van der Waals surface area (Å²) in [6.07, 6.45) is 2.52. The summed E-state index contributed by atoms with van der Waals surface area (Å²) in [7, 11) is -2.95. The predicted molar refractivity (Wildman–Crippen MR) is 118 cm³/mol. The molecule has 0 saturated carbocycles. The van der Waals surface area contributed by atoms with E-state index in [1.807, 2.05) is 44.2 Å². The lowest BCUT2D eigenvalue weighted by Crippen LogP contribution is -2.43. The van der Waals surface area contributed by atoms with Crippen LogP contribution in [0.15, 0.2) is 39.7 Å². The van der Waals surface area contributed by atoms with E-state index in [9.17, 15) is 8.42 Å². The number of para-hydroxylation sites is 1. The van der Waals surface area contributed by atoms with Crippen LogP contribution in [0.5, 0.6) is 0 Å². The second-order valence-electron chi connectivity index (χ2n) is 6.23. The molecule has 8 heteroatoms. The molecule has 1 aromatic heterocycles. The third kappa shape index (κ3) is 7.94. The van der Waals surface area contributed by atoms with E-state index in [-0.39, 0.29) is 35.8 Å². The molecule has 1 unspecified atom stereocenters. The van der Waals surface area contributed by atoms with Crippen molar-refractivity contribution in [1.29, 1.82) is 0 Å². The van der Waals surface area contributed by atoms with E-state index in [1.54, 1.807) is 0 Å². The van der Waals surface area contributed by atoms with Gasteiger partial charge in [0, 0.05) is 37.2 Å². The van der Waals surface area contributed by atoms with Crippen molar-refractivity contribution in [3.63, 3.8) is 0 Å². The molecule has 0 saturated heterocycles. The number of sulfone groups is 1. The summed E-state index contributed by atoms with van der Waals surface area (Å²) in [6, 6.07) is 10.0. The quantitative estimate of drug-likeness (QED) is 0.336. The van der Waals surface area contributed by atoms with E-state index in [0.717, 1.165) is 23.3 Å². The van der Waals surface area contributed by atoms with E-state index in [0.29, 0.717) is 25.3 Å². The second-order valence-corrected chi connectivity index (χ2v) is 8.48. The standard InChI is InChI=1S/C18H27N3O3S.HI/c1-4-19-18(21-14(2)10-12-25(3,22)23)20-11-9-16-13-15-7-5-6-8-17(15)24-16;/h5-8,13-14H,4,9-12H2,1-3H3,(H2,19,20,21);1H. The van der Waals surface area contributed by atoms with Crippen molar-refractivity contribution in [2.75, 3.05) is 25.1 Å². The molecule has 1 heterocycles. The number of guanidine groups is 1. The van der Waals surface area contributed by atoms with Crippen molar-refractivity contribution in [3.8, 4) is 0 Å². The number of rotatable bonds is 8. The maximum absolute atomic E-state index is 11.3. The van der Waals surface area contributed by atoms with Gasteiger partial charge in [0.25, 0.3) is 0 Å². The Kier molecular flexibility index (Phi) is 9.42. The van der Waals surface area contributed by atoms with Crippen molar-refractivity contribution in [2.45, 2.75) is 32.7 Å². The SMILES string of the molecule is CCNC(=NCCc1cc2ccccc2o1)NC(C)CCS(C)(=O)=O.I. The Labute approximate surface area is 172 Å². The van der Waals surface area contributed by atoms with Crippen LogP contribution in [0.3, 0.4) is 0 Å². The van der Waals surface area contributed by atoms with Crippen molar-refractivity contribution in [3.05, 3.63) is 36.1 Å². The third-order valence-corrected chi connectivity index (χ3v) is 4.73. The first-order valence-electron chi connectivity index (χ1n) is 8.57. The number of benzene rings is 1. The van der Waals surface area contributed by atoms with Crippen LogP contribution in [-0.4, -0.2) is 45.5 Å². The van der Waals surface area contributed by atoms with Gasteiger partial charge in [0.15, 0.2) is 5.96 Å². The van der Waals surface area contributed by atoms with Gasteiger partial charge in [-0.3, -0.25) is 4.99 Å². The molecule has 0 radical (unpaired) electrons. The molecule has 2 N–H and O–H groups in total. The van der Waals surface area contributed by atoms with Gasteiger partial charge in [0.2, 0.25) is 0 Å². The van der Waals surface area contributed by atoms with Gasteiger partial charge in [-0.25, -0.2) is 8.42 Å². The molecule has 6 nitrogen and oxygen atoms in total. The monoisotopic (exact) mass is 493 g/mol. The van der Waals surface area contributed by atoms with Crippen molar-refractivity contribution >= 4 is 50.7 Å². The minimum absolute atomic E-state index is 0. The third-order valence-electron chi connectivity index (χ3n) is 3.75. The smallest absolute Gasteiger partial charge is 0.191 e. The number of hydrogen-bond acceptors (Lipinski definition) is 4. The Bertz CT molecular complexity index is 785. The Morgan fingerprint density at radius 3 is 2.69 bits per heavy atom. The van der Waals surface area contributed by atoms with Crippen LogP contribution in [0.2, 0.25) is 0 Å². The zero-order valence-electron chi connectivity index (χ0n) is 15.5. The van der Waals surface area contributed by atoms with Gasteiger partial charge >= 0.3 is 0 Å². The van der Waals surface area contributed by atoms with Crippen LogP contribution in [0.4, 0.5) is 0 Å². The van der Waals surface area contributed by atoms with E-state index in [4.69, 9.17) is 4.42 Å². The molecule has 0 aliphatic rings. The van der Waals surface area contributed by atoms with Crippen LogP contribution in [0.25, 0.3) is 11.0 Å². The molecule has 0 fully saturated rings. The topological polar surface area (TPSA) is 83.7 Å². The van der Waals surface area contributed by atoms with Crippen LogP contribution < -0.4 is 10.6 Å². The molecule has 26 heavy (non-hydrogen) atoms. The summed E-state index contributed by atoms with van der Waals surface area (Å²) < 4.78 is 28.3. The van der Waals surface area contributed by atoms with Gasteiger partial charge in [-0.15, -0.1) is 24.0 Å². The number of hydrogen-bond donors (Lipinski definition) is 2. The summed E-state index contributed by atoms with van der Waals surface area (Å²) in [6.45, 7) is 5.29. The number of halogens is 1. The fourth-order valence-electron chi connectivity index (χ4n) is 2.45. The molecule has 0 spiro atoms. The molecule has 0 amide bonds. The normalized spacial score (nSPS) is 13.3. The number of nitrogens with one attached hydrogen (secondary N) is 2. The van der Waals surface area contributed by atoms with Crippen LogP contribution in [-0.2, 0) is 16.3 Å². The molecular formula is C18H28IN3O3S. The Hall–Kier alpha value is -1.29. The van der Waals surface area contributed by atoms with Gasteiger partial charge in [-0.05, 0) is 32.4 Å². The van der Waals surface area contributed by atoms with Gasteiger partial charge in [0.1, 0.15) is 21.2 Å². The Morgan fingerprint density at radius 2 is 2.04 bits per heavy atom. The fraction of sp³-hybridized carbons (Fsp3) is 0.500. The lowest BCUT2D eigenvalue weighted by Gasteiger charge is -2.17. The number of aliphatic imine (C=N–C) groups is 1. The first kappa shape index (κ1) is 22.8. The van der Waals surface area contributed by atoms with E-state index in [2.05, 4.69) is 15.6 Å². The highest BCUT2D eigenvalue weighted by Crippen LogP contribution is 2.18. The highest BCUT2D eigenvalue weighted by molar-refractivity contribution is 14.0. The largest absolute Gasteiger partial charge is 0.461 e. The molecular weight excluding hydrogens is 465 g/mol. The van der Waals surface area contributed by atoms with Crippen LogP contribution in [0, 0.1) is 0 Å². The highest BCUT2D eigenvalue weighted by atomic mass is 127. The number of furan rings is 1. The molecule has 1 atom stereocenters. The maximum Gasteiger partial charge on any atom is 0.191 e. The van der Waals surface area contributed by atoms with Crippen LogP contribution >= 0.6 is 24.0 Å². The fourth-order valence-corrected chi connectivity index (χ4v) is 3.24. The molecule has 1 aromatic carbocycles. The minimum Gasteiger partial charge on any atom is -0.461 e. The van der Waals surface area contributed by atoms with Gasteiger partial charge in [0.05, 0.1) is 5.75 Å². The Balaban J connectivity index is 0.00000338. The first-order valence-corrected chi connectivity index (χ1v) is 10.6. The van der Waals surface area contributed by atoms with E-state index in [1.165, 1.54) is 6.26 Å². The average molecular weight is 493 g/mol. The van der Waals surface area contributed by atoms with Gasteiger partial charge in [-0.2, -0.15) is 0 Å². The first-order chi connectivity index (χ1) is 11.9. The summed E-state index contributed by atoms with van der Waals surface area (Å²) in [5.41, 5.74) is 0.890. The van der Waals surface area contributed by atoms with E-state index < -0.39 is 9.84 Å². The molecule has 0 aliphatic carbocycles. The lowest BCUT2D eigenvalue weighted by molar-refractivity contribution is 0.549. The van der Waals surface area contributed by atoms with Gasteiger partial charge in [-0.1, -0.05) is 18.2 Å². The maximum atomic E-state index is 11.3. The zero-order valence-corrected chi connectivity index (χ0v) is 18.6. The summed E-state index contributed by atoms with van der Waals surface area (Å²) in [4.78, 5) is 4.55. The molecule has 146 valence electrons. The predicted octanol–water partition coefficient (Wildman–Crippen LogP) is 2.97.